The van der Waals surface area contributed by atoms with Gasteiger partial charge in [0.15, 0.2) is 0 Å². The molecule has 0 aromatic carbocycles. The summed E-state index contributed by atoms with van der Waals surface area (Å²) in [7, 11) is 0. The molecule has 0 spiro atoms. The summed E-state index contributed by atoms with van der Waals surface area (Å²) in [5.74, 6) is -0.446. The number of rotatable bonds is 10. The summed E-state index contributed by atoms with van der Waals surface area (Å²) < 4.78 is 39.6. The smallest absolute Gasteiger partial charge is 0.411 e. The van der Waals surface area contributed by atoms with Crippen molar-refractivity contribution in [1.29, 1.82) is 0 Å². The van der Waals surface area contributed by atoms with E-state index in [-0.39, 0.29) is 13.0 Å². The number of amides is 1. The number of nitrogens with one attached hydrogen (secondary N) is 1. The second-order valence-electron chi connectivity index (χ2n) is 4.01. The highest BCUT2D eigenvalue weighted by Crippen LogP contribution is 2.14. The Kier molecular flexibility index (Phi) is 9.39. The van der Waals surface area contributed by atoms with Gasteiger partial charge >= 0.3 is 12.1 Å². The van der Waals surface area contributed by atoms with Crippen LogP contribution in [0, 0.1) is 0 Å². The van der Waals surface area contributed by atoms with Gasteiger partial charge in [0.25, 0.3) is 0 Å². The van der Waals surface area contributed by atoms with Crippen molar-refractivity contribution in [3.05, 3.63) is 0 Å². The third-order valence-corrected chi connectivity index (χ3v) is 3.17. The Morgan fingerprint density at radius 3 is 2.50 bits per heavy atom. The van der Waals surface area contributed by atoms with Gasteiger partial charge in [-0.2, -0.15) is 24.9 Å². The van der Waals surface area contributed by atoms with Gasteiger partial charge in [-0.3, -0.25) is 4.79 Å². The molecule has 5 nitrogen and oxygen atoms in total. The molecule has 0 bridgehead atoms. The fourth-order valence-corrected chi connectivity index (χ4v) is 2.19. The van der Waals surface area contributed by atoms with E-state index in [1.165, 1.54) is 18.7 Å². The molecule has 0 saturated carbocycles. The Labute approximate surface area is 119 Å². The number of carboxylic acids is 1. The molecule has 1 atom stereocenters. The second-order valence-corrected chi connectivity index (χ2v) is 5.24. The Balaban J connectivity index is 3.55. The molecule has 0 aliphatic rings. The first-order valence-corrected chi connectivity index (χ1v) is 7.10. The SMILES string of the molecule is CC(=O)NC(CCSCCCOCC(F)(F)F)C(=O)O. The van der Waals surface area contributed by atoms with Gasteiger partial charge in [-0.05, 0) is 24.3 Å². The minimum Gasteiger partial charge on any atom is -0.480 e. The van der Waals surface area contributed by atoms with E-state index in [2.05, 4.69) is 10.1 Å². The molecule has 0 aliphatic heterocycles. The molecule has 1 amide bonds. The van der Waals surface area contributed by atoms with E-state index in [1.54, 1.807) is 0 Å². The first-order chi connectivity index (χ1) is 9.22. The zero-order valence-electron chi connectivity index (χ0n) is 11.0. The minimum atomic E-state index is -4.31. The summed E-state index contributed by atoms with van der Waals surface area (Å²) in [6.45, 7) is 0.00290. The van der Waals surface area contributed by atoms with Crippen molar-refractivity contribution in [1.82, 2.24) is 5.32 Å². The summed E-state index contributed by atoms with van der Waals surface area (Å²) in [5.41, 5.74) is 0. The van der Waals surface area contributed by atoms with Crippen LogP contribution in [0.2, 0.25) is 0 Å². The Hall–Kier alpha value is -0.960. The fourth-order valence-electron chi connectivity index (χ4n) is 1.26. The number of alkyl halides is 3. The van der Waals surface area contributed by atoms with Gasteiger partial charge in [0.05, 0.1) is 0 Å². The van der Waals surface area contributed by atoms with Crippen molar-refractivity contribution in [2.24, 2.45) is 0 Å². The van der Waals surface area contributed by atoms with Crippen molar-refractivity contribution >= 4 is 23.6 Å². The van der Waals surface area contributed by atoms with Crippen molar-refractivity contribution < 1.29 is 32.6 Å². The lowest BCUT2D eigenvalue weighted by Gasteiger charge is -2.12. The standard InChI is InChI=1S/C11H18F3NO4S/c1-8(16)15-9(10(17)18)3-6-20-5-2-4-19-7-11(12,13)14/h9H,2-7H2,1H3,(H,15,16)(H,17,18). The maximum atomic E-state index is 11.7. The Bertz CT molecular complexity index is 313. The van der Waals surface area contributed by atoms with Crippen molar-refractivity contribution in [3.8, 4) is 0 Å². The highest BCUT2D eigenvalue weighted by Gasteiger charge is 2.27. The van der Waals surface area contributed by atoms with Crippen LogP contribution in [-0.4, -0.2) is 53.9 Å². The Morgan fingerprint density at radius 1 is 1.35 bits per heavy atom. The predicted octanol–water partition coefficient (Wildman–Crippen LogP) is 1.67. The summed E-state index contributed by atoms with van der Waals surface area (Å²) in [6, 6.07) is -0.929. The first-order valence-electron chi connectivity index (χ1n) is 5.94. The topological polar surface area (TPSA) is 75.6 Å². The fraction of sp³-hybridized carbons (Fsp3) is 0.818. The predicted molar refractivity (Wildman–Crippen MR) is 68.7 cm³/mol. The van der Waals surface area contributed by atoms with Crippen molar-refractivity contribution in [2.75, 3.05) is 24.7 Å². The Morgan fingerprint density at radius 2 is 2.00 bits per heavy atom. The van der Waals surface area contributed by atoms with Crippen molar-refractivity contribution in [2.45, 2.75) is 32.0 Å². The molecule has 0 radical (unpaired) electrons. The number of thioether (sulfide) groups is 1. The van der Waals surface area contributed by atoms with Crippen LogP contribution in [-0.2, 0) is 14.3 Å². The van der Waals surface area contributed by atoms with Gasteiger partial charge in [0.1, 0.15) is 12.6 Å². The number of carboxylic acid groups (broad SMARTS) is 1. The second kappa shape index (κ2) is 9.87. The number of ether oxygens (including phenoxy) is 1. The van der Waals surface area contributed by atoms with E-state index in [0.717, 1.165) is 0 Å². The molecule has 2 N–H and O–H groups in total. The molecule has 9 heteroatoms. The highest BCUT2D eigenvalue weighted by molar-refractivity contribution is 7.99. The lowest BCUT2D eigenvalue weighted by atomic mass is 10.2. The first kappa shape index (κ1) is 19.0. The van der Waals surface area contributed by atoms with Crippen LogP contribution in [0.3, 0.4) is 0 Å². The molecular weight excluding hydrogens is 299 g/mol. The maximum absolute atomic E-state index is 11.7. The molecule has 118 valence electrons. The summed E-state index contributed by atoms with van der Waals surface area (Å²) in [4.78, 5) is 21.5. The number of carbonyl (C=O) groups excluding carboxylic acids is 1. The van der Waals surface area contributed by atoms with Crippen LogP contribution in [0.15, 0.2) is 0 Å². The number of halogens is 3. The van der Waals surface area contributed by atoms with Crippen LogP contribution in [0.5, 0.6) is 0 Å². The average Bonchev–Trinajstić information content (AvgIpc) is 2.28. The van der Waals surface area contributed by atoms with E-state index in [9.17, 15) is 22.8 Å². The van der Waals surface area contributed by atoms with Gasteiger partial charge in [0, 0.05) is 13.5 Å². The lowest BCUT2D eigenvalue weighted by Crippen LogP contribution is -2.39. The molecule has 1 unspecified atom stereocenters. The van der Waals surface area contributed by atoms with Gasteiger partial charge in [-0.25, -0.2) is 4.79 Å². The van der Waals surface area contributed by atoms with Gasteiger partial charge in [-0.1, -0.05) is 0 Å². The van der Waals surface area contributed by atoms with E-state index in [1.807, 2.05) is 0 Å². The maximum Gasteiger partial charge on any atom is 0.411 e. The molecule has 0 aromatic heterocycles. The lowest BCUT2D eigenvalue weighted by molar-refractivity contribution is -0.173. The normalized spacial score (nSPS) is 13.0. The van der Waals surface area contributed by atoms with Crippen LogP contribution < -0.4 is 5.32 Å². The van der Waals surface area contributed by atoms with E-state index in [4.69, 9.17) is 5.11 Å². The molecule has 0 heterocycles. The van der Waals surface area contributed by atoms with Crippen LogP contribution >= 0.6 is 11.8 Å². The summed E-state index contributed by atoms with van der Waals surface area (Å²) in [6.07, 6.45) is -3.58. The van der Waals surface area contributed by atoms with Crippen LogP contribution in [0.4, 0.5) is 13.2 Å². The largest absolute Gasteiger partial charge is 0.480 e. The molecule has 0 fully saturated rings. The molecule has 20 heavy (non-hydrogen) atoms. The van der Waals surface area contributed by atoms with Gasteiger partial charge in [-0.15, -0.1) is 0 Å². The van der Waals surface area contributed by atoms with Gasteiger partial charge in [0.2, 0.25) is 5.91 Å². The molecule has 0 rings (SSSR count). The third kappa shape index (κ3) is 12.1. The van der Waals surface area contributed by atoms with E-state index >= 15 is 0 Å². The number of hydrogen-bond acceptors (Lipinski definition) is 4. The molecule has 0 saturated heterocycles. The molecule has 0 aliphatic carbocycles. The minimum absolute atomic E-state index is 0.0144. The highest BCUT2D eigenvalue weighted by atomic mass is 32.2. The molecule has 0 aromatic rings. The number of carbonyl (C=O) groups is 2. The monoisotopic (exact) mass is 317 g/mol. The van der Waals surface area contributed by atoms with Crippen LogP contribution in [0.1, 0.15) is 19.8 Å². The van der Waals surface area contributed by atoms with Crippen molar-refractivity contribution in [3.63, 3.8) is 0 Å². The zero-order chi connectivity index (χ0) is 15.6. The molecular formula is C11H18F3NO4S. The van der Waals surface area contributed by atoms with E-state index in [0.29, 0.717) is 17.9 Å². The summed E-state index contributed by atoms with van der Waals surface area (Å²) in [5, 5.41) is 11.1. The quantitative estimate of drug-likeness (QED) is 0.600. The number of aliphatic carboxylic acids is 1. The third-order valence-electron chi connectivity index (χ3n) is 2.07. The van der Waals surface area contributed by atoms with Crippen LogP contribution in [0.25, 0.3) is 0 Å². The zero-order valence-corrected chi connectivity index (χ0v) is 11.9. The van der Waals surface area contributed by atoms with E-state index < -0.39 is 30.7 Å². The van der Waals surface area contributed by atoms with Gasteiger partial charge < -0.3 is 15.2 Å². The number of hydrogen-bond donors (Lipinski definition) is 2. The average molecular weight is 317 g/mol. The summed E-state index contributed by atoms with van der Waals surface area (Å²) >= 11 is 1.41.